The number of phenolic OH excluding ortho intramolecular Hbond substituents is 1. The summed E-state index contributed by atoms with van der Waals surface area (Å²) in [5, 5.41) is 18.5. The summed E-state index contributed by atoms with van der Waals surface area (Å²) in [7, 11) is -3.58. The van der Waals surface area contributed by atoms with Gasteiger partial charge in [-0.05, 0) is 37.1 Å². The molecule has 1 heterocycles. The van der Waals surface area contributed by atoms with Crippen LogP contribution >= 0.6 is 0 Å². The van der Waals surface area contributed by atoms with Gasteiger partial charge in [-0.25, -0.2) is 8.42 Å². The van der Waals surface area contributed by atoms with Crippen LogP contribution in [-0.4, -0.2) is 42.1 Å². The molecule has 1 saturated heterocycles. The van der Waals surface area contributed by atoms with E-state index in [2.05, 4.69) is 0 Å². The van der Waals surface area contributed by atoms with Crippen LogP contribution < -0.4 is 0 Å². The first kappa shape index (κ1) is 13.3. The zero-order valence-corrected chi connectivity index (χ0v) is 10.8. The molecule has 2 N–H and O–H groups in total. The molecule has 0 spiro atoms. The van der Waals surface area contributed by atoms with Gasteiger partial charge in [0, 0.05) is 12.6 Å². The molecular weight excluding hydrogens is 254 g/mol. The summed E-state index contributed by atoms with van der Waals surface area (Å²) in [5.74, 6) is 0.0336. The van der Waals surface area contributed by atoms with E-state index in [1.807, 2.05) is 0 Å². The number of aliphatic hydroxyl groups is 1. The summed E-state index contributed by atoms with van der Waals surface area (Å²) in [6, 6.07) is 5.13. The van der Waals surface area contributed by atoms with Crippen molar-refractivity contribution in [1.82, 2.24) is 4.31 Å². The fraction of sp³-hybridized carbons (Fsp3) is 0.500. The molecule has 0 saturated carbocycles. The number of hydrogen-bond acceptors (Lipinski definition) is 4. The van der Waals surface area contributed by atoms with Gasteiger partial charge in [-0.2, -0.15) is 4.31 Å². The van der Waals surface area contributed by atoms with Crippen LogP contribution in [0.5, 0.6) is 5.75 Å². The Bertz CT molecular complexity index is 497. The largest absolute Gasteiger partial charge is 0.508 e. The molecule has 1 unspecified atom stereocenters. The van der Waals surface area contributed by atoms with Crippen LogP contribution in [-0.2, 0) is 10.0 Å². The molecule has 6 heteroatoms. The highest BCUT2D eigenvalue weighted by atomic mass is 32.2. The lowest BCUT2D eigenvalue weighted by Crippen LogP contribution is -2.45. The highest BCUT2D eigenvalue weighted by molar-refractivity contribution is 7.89. The van der Waals surface area contributed by atoms with E-state index in [4.69, 9.17) is 0 Å². The van der Waals surface area contributed by atoms with Crippen molar-refractivity contribution in [2.45, 2.75) is 30.2 Å². The number of rotatable bonds is 3. The Morgan fingerprint density at radius 1 is 1.22 bits per heavy atom. The lowest BCUT2D eigenvalue weighted by molar-refractivity contribution is 0.155. The fourth-order valence-corrected chi connectivity index (χ4v) is 3.91. The molecule has 0 radical (unpaired) electrons. The number of aromatic hydroxyl groups is 1. The SMILES string of the molecule is O=S(=O)(c1ccc(O)cc1)N1CCCCC1CO. The number of aliphatic hydroxyl groups excluding tert-OH is 1. The molecule has 18 heavy (non-hydrogen) atoms. The minimum absolute atomic E-state index is 0.0336. The Labute approximate surface area is 107 Å². The highest BCUT2D eigenvalue weighted by Gasteiger charge is 2.32. The maximum atomic E-state index is 12.4. The second-order valence-corrected chi connectivity index (χ2v) is 6.33. The third kappa shape index (κ3) is 2.50. The number of hydrogen-bond donors (Lipinski definition) is 2. The van der Waals surface area contributed by atoms with Gasteiger partial charge in [-0.1, -0.05) is 6.42 Å². The molecule has 5 nitrogen and oxygen atoms in total. The second-order valence-electron chi connectivity index (χ2n) is 4.44. The molecule has 0 aliphatic carbocycles. The number of piperidine rings is 1. The van der Waals surface area contributed by atoms with Gasteiger partial charge >= 0.3 is 0 Å². The normalized spacial score (nSPS) is 21.9. The third-order valence-electron chi connectivity index (χ3n) is 3.23. The lowest BCUT2D eigenvalue weighted by Gasteiger charge is -2.33. The van der Waals surface area contributed by atoms with E-state index < -0.39 is 10.0 Å². The van der Waals surface area contributed by atoms with Crippen molar-refractivity contribution in [3.8, 4) is 5.75 Å². The van der Waals surface area contributed by atoms with Gasteiger partial charge in [0.15, 0.2) is 0 Å². The minimum Gasteiger partial charge on any atom is -0.508 e. The Balaban J connectivity index is 2.32. The maximum Gasteiger partial charge on any atom is 0.243 e. The van der Waals surface area contributed by atoms with Crippen molar-refractivity contribution in [3.05, 3.63) is 24.3 Å². The fourth-order valence-electron chi connectivity index (χ4n) is 2.23. The molecule has 1 atom stereocenters. The quantitative estimate of drug-likeness (QED) is 0.857. The van der Waals surface area contributed by atoms with E-state index in [0.29, 0.717) is 13.0 Å². The average Bonchev–Trinajstić information content (AvgIpc) is 2.39. The first-order valence-corrected chi connectivity index (χ1v) is 7.41. The lowest BCUT2D eigenvalue weighted by atomic mass is 10.1. The minimum atomic E-state index is -3.58. The van der Waals surface area contributed by atoms with Gasteiger partial charge in [0.25, 0.3) is 0 Å². The molecular formula is C12H17NO4S. The molecule has 1 aromatic rings. The van der Waals surface area contributed by atoms with Crippen LogP contribution in [0.3, 0.4) is 0 Å². The van der Waals surface area contributed by atoms with Crippen LogP contribution in [0.15, 0.2) is 29.2 Å². The standard InChI is InChI=1S/C12H17NO4S/c14-9-10-3-1-2-8-13(10)18(16,17)12-6-4-11(15)5-7-12/h4-7,10,14-15H,1-3,8-9H2. The Morgan fingerprint density at radius 2 is 1.89 bits per heavy atom. The zero-order chi connectivity index (χ0) is 13.2. The zero-order valence-electron chi connectivity index (χ0n) is 9.99. The van der Waals surface area contributed by atoms with Crippen molar-refractivity contribution in [1.29, 1.82) is 0 Å². The van der Waals surface area contributed by atoms with Crippen LogP contribution in [0.2, 0.25) is 0 Å². The van der Waals surface area contributed by atoms with Crippen LogP contribution in [0.1, 0.15) is 19.3 Å². The molecule has 0 aromatic heterocycles. The predicted molar refractivity (Wildman–Crippen MR) is 66.7 cm³/mol. The monoisotopic (exact) mass is 271 g/mol. The third-order valence-corrected chi connectivity index (χ3v) is 5.19. The van der Waals surface area contributed by atoms with Gasteiger partial charge in [0.1, 0.15) is 5.75 Å². The topological polar surface area (TPSA) is 77.8 Å². The highest BCUT2D eigenvalue weighted by Crippen LogP contribution is 2.25. The summed E-state index contributed by atoms with van der Waals surface area (Å²) < 4.78 is 26.2. The first-order valence-electron chi connectivity index (χ1n) is 5.97. The van der Waals surface area contributed by atoms with Gasteiger partial charge < -0.3 is 10.2 Å². The average molecular weight is 271 g/mol. The number of sulfonamides is 1. The Kier molecular flexibility index (Phi) is 3.89. The van der Waals surface area contributed by atoms with E-state index in [-0.39, 0.29) is 23.3 Å². The summed E-state index contributed by atoms with van der Waals surface area (Å²) in [4.78, 5) is 0.153. The van der Waals surface area contributed by atoms with Crippen molar-refractivity contribution in [2.24, 2.45) is 0 Å². The molecule has 2 rings (SSSR count). The molecule has 1 aliphatic heterocycles. The van der Waals surface area contributed by atoms with E-state index in [1.165, 1.54) is 28.6 Å². The Hall–Kier alpha value is -1.11. The predicted octanol–water partition coefficient (Wildman–Crippen LogP) is 0.928. The van der Waals surface area contributed by atoms with Gasteiger partial charge in [0.05, 0.1) is 11.5 Å². The molecule has 0 amide bonds. The van der Waals surface area contributed by atoms with Crippen LogP contribution in [0, 0.1) is 0 Å². The first-order chi connectivity index (χ1) is 8.55. The summed E-state index contributed by atoms with van der Waals surface area (Å²) in [6.45, 7) is 0.283. The Morgan fingerprint density at radius 3 is 2.50 bits per heavy atom. The number of nitrogens with zero attached hydrogens (tertiary/aromatic N) is 1. The van der Waals surface area contributed by atoms with Gasteiger partial charge in [-0.15, -0.1) is 0 Å². The molecule has 1 fully saturated rings. The second kappa shape index (κ2) is 5.26. The number of phenols is 1. The maximum absolute atomic E-state index is 12.4. The smallest absolute Gasteiger partial charge is 0.243 e. The summed E-state index contributed by atoms with van der Waals surface area (Å²) in [5.41, 5.74) is 0. The number of benzene rings is 1. The van der Waals surface area contributed by atoms with Gasteiger partial charge in [-0.3, -0.25) is 0 Å². The van der Waals surface area contributed by atoms with Crippen molar-refractivity contribution in [3.63, 3.8) is 0 Å². The van der Waals surface area contributed by atoms with Crippen molar-refractivity contribution >= 4 is 10.0 Å². The van der Waals surface area contributed by atoms with E-state index in [9.17, 15) is 18.6 Å². The molecule has 1 aromatic carbocycles. The van der Waals surface area contributed by atoms with Crippen molar-refractivity contribution < 1.29 is 18.6 Å². The summed E-state index contributed by atoms with van der Waals surface area (Å²) >= 11 is 0. The van der Waals surface area contributed by atoms with Crippen LogP contribution in [0.4, 0.5) is 0 Å². The molecule has 100 valence electrons. The molecule has 1 aliphatic rings. The summed E-state index contributed by atoms with van der Waals surface area (Å²) in [6.07, 6.45) is 2.44. The van der Waals surface area contributed by atoms with Crippen molar-refractivity contribution in [2.75, 3.05) is 13.2 Å². The van der Waals surface area contributed by atoms with E-state index >= 15 is 0 Å². The van der Waals surface area contributed by atoms with E-state index in [1.54, 1.807) is 0 Å². The van der Waals surface area contributed by atoms with Gasteiger partial charge in [0.2, 0.25) is 10.0 Å². The molecule has 0 bridgehead atoms. The van der Waals surface area contributed by atoms with E-state index in [0.717, 1.165) is 12.8 Å². The van der Waals surface area contributed by atoms with Crippen LogP contribution in [0.25, 0.3) is 0 Å².